The molecule has 2 rings (SSSR count). The molecule has 0 amide bonds. The molecule has 2 aromatic rings. The van der Waals surface area contributed by atoms with Gasteiger partial charge in [-0.3, -0.25) is 10.1 Å². The Hall–Kier alpha value is -1.92. The Kier molecular flexibility index (Phi) is 4.59. The van der Waals surface area contributed by atoms with E-state index >= 15 is 0 Å². The first-order valence-corrected chi connectivity index (χ1v) is 6.98. The second kappa shape index (κ2) is 6.24. The monoisotopic (exact) mass is 369 g/mol. The van der Waals surface area contributed by atoms with Gasteiger partial charge in [0.1, 0.15) is 5.75 Å². The van der Waals surface area contributed by atoms with Gasteiger partial charge in [-0.25, -0.2) is 4.79 Å². The van der Waals surface area contributed by atoms with Crippen LogP contribution in [0.1, 0.15) is 15.9 Å². The summed E-state index contributed by atoms with van der Waals surface area (Å²) >= 11 is 9.18. The molecular formula is C14H9BrClNO4. The predicted molar refractivity (Wildman–Crippen MR) is 81.9 cm³/mol. The zero-order valence-electron chi connectivity index (χ0n) is 10.8. The predicted octanol–water partition coefficient (Wildman–Crippen LogP) is 4.54. The third-order valence-electron chi connectivity index (χ3n) is 2.67. The lowest BCUT2D eigenvalue weighted by molar-refractivity contribution is -0.384. The minimum atomic E-state index is -0.681. The molecule has 2 aromatic carbocycles. The van der Waals surface area contributed by atoms with Crippen LogP contribution in [0.4, 0.5) is 5.69 Å². The fourth-order valence-electron chi connectivity index (χ4n) is 1.63. The molecule has 0 atom stereocenters. The molecule has 0 bridgehead atoms. The second-order valence-corrected chi connectivity index (χ2v) is 5.51. The van der Waals surface area contributed by atoms with Crippen molar-refractivity contribution >= 4 is 39.2 Å². The number of non-ortho nitro benzene ring substituents is 1. The average Bonchev–Trinajstić information content (AvgIpc) is 2.41. The van der Waals surface area contributed by atoms with Gasteiger partial charge in [0.25, 0.3) is 5.69 Å². The number of aryl methyl sites for hydroxylation is 1. The molecule has 0 saturated carbocycles. The minimum Gasteiger partial charge on any atom is -0.422 e. The van der Waals surface area contributed by atoms with E-state index in [0.29, 0.717) is 10.2 Å². The van der Waals surface area contributed by atoms with Gasteiger partial charge < -0.3 is 4.74 Å². The summed E-state index contributed by atoms with van der Waals surface area (Å²) in [6.45, 7) is 1.91. The topological polar surface area (TPSA) is 69.4 Å². The molecule has 0 saturated heterocycles. The van der Waals surface area contributed by atoms with Crippen molar-refractivity contribution in [1.29, 1.82) is 0 Å². The van der Waals surface area contributed by atoms with Gasteiger partial charge in [-0.2, -0.15) is 0 Å². The van der Waals surface area contributed by atoms with Crippen LogP contribution in [0, 0.1) is 17.0 Å². The number of rotatable bonds is 3. The molecule has 7 heteroatoms. The van der Waals surface area contributed by atoms with Crippen molar-refractivity contribution in [2.45, 2.75) is 6.92 Å². The van der Waals surface area contributed by atoms with Crippen LogP contribution >= 0.6 is 27.5 Å². The third kappa shape index (κ3) is 3.59. The number of carbonyl (C=O) groups is 1. The van der Waals surface area contributed by atoms with Crippen LogP contribution in [0.3, 0.4) is 0 Å². The third-order valence-corrected chi connectivity index (χ3v) is 3.61. The molecule has 0 radical (unpaired) electrons. The van der Waals surface area contributed by atoms with E-state index in [2.05, 4.69) is 15.9 Å². The Morgan fingerprint density at radius 1 is 1.29 bits per heavy atom. The van der Waals surface area contributed by atoms with Crippen LogP contribution in [0.2, 0.25) is 5.02 Å². The molecular weight excluding hydrogens is 362 g/mol. The average molecular weight is 371 g/mol. The van der Waals surface area contributed by atoms with Gasteiger partial charge in [-0.1, -0.05) is 17.7 Å². The van der Waals surface area contributed by atoms with Gasteiger partial charge in [0.2, 0.25) is 0 Å². The van der Waals surface area contributed by atoms with Crippen LogP contribution in [0.25, 0.3) is 0 Å². The number of hydrogen-bond acceptors (Lipinski definition) is 4. The van der Waals surface area contributed by atoms with E-state index in [1.165, 1.54) is 12.1 Å². The molecule has 0 fully saturated rings. The maximum absolute atomic E-state index is 12.1. The van der Waals surface area contributed by atoms with E-state index in [-0.39, 0.29) is 16.3 Å². The number of ether oxygens (including phenoxy) is 1. The van der Waals surface area contributed by atoms with E-state index < -0.39 is 10.9 Å². The number of nitrogens with zero attached hydrogens (tertiary/aromatic N) is 1. The maximum Gasteiger partial charge on any atom is 0.345 e. The van der Waals surface area contributed by atoms with Crippen LogP contribution in [-0.4, -0.2) is 10.9 Å². The van der Waals surface area contributed by atoms with Crippen molar-refractivity contribution in [3.8, 4) is 5.75 Å². The largest absolute Gasteiger partial charge is 0.422 e. The first kappa shape index (κ1) is 15.5. The van der Waals surface area contributed by atoms with Crippen molar-refractivity contribution in [2.75, 3.05) is 0 Å². The van der Waals surface area contributed by atoms with Gasteiger partial charge in [0, 0.05) is 12.1 Å². The normalized spacial score (nSPS) is 10.2. The van der Waals surface area contributed by atoms with E-state index in [4.69, 9.17) is 16.3 Å². The van der Waals surface area contributed by atoms with Gasteiger partial charge in [0.05, 0.1) is 20.0 Å². The Morgan fingerprint density at radius 3 is 2.57 bits per heavy atom. The summed E-state index contributed by atoms with van der Waals surface area (Å²) in [5.74, 6) is -0.334. The van der Waals surface area contributed by atoms with E-state index in [1.54, 1.807) is 18.2 Å². The second-order valence-electron chi connectivity index (χ2n) is 4.24. The standard InChI is InChI=1S/C14H9BrClNO4/c1-8-2-5-13(11(15)6-8)21-14(18)10-4-3-9(17(19)20)7-12(10)16/h2-7H,1H3. The molecule has 0 aliphatic rings. The van der Waals surface area contributed by atoms with Gasteiger partial charge in [0.15, 0.2) is 0 Å². The highest BCUT2D eigenvalue weighted by Crippen LogP contribution is 2.28. The fourth-order valence-corrected chi connectivity index (χ4v) is 2.45. The Bertz CT molecular complexity index is 733. The van der Waals surface area contributed by atoms with Crippen molar-refractivity contribution in [3.05, 3.63) is 67.1 Å². The minimum absolute atomic E-state index is 0.0302. The van der Waals surface area contributed by atoms with Gasteiger partial charge >= 0.3 is 5.97 Å². The highest BCUT2D eigenvalue weighted by Gasteiger charge is 2.17. The first-order chi connectivity index (χ1) is 9.88. The molecule has 5 nitrogen and oxygen atoms in total. The Labute approximate surface area is 133 Å². The van der Waals surface area contributed by atoms with Crippen molar-refractivity contribution in [1.82, 2.24) is 0 Å². The summed E-state index contributed by atoms with van der Waals surface area (Å²) in [4.78, 5) is 22.1. The first-order valence-electron chi connectivity index (χ1n) is 5.81. The van der Waals surface area contributed by atoms with Crippen molar-refractivity contribution in [2.24, 2.45) is 0 Å². The molecule has 0 heterocycles. The quantitative estimate of drug-likeness (QED) is 0.344. The van der Waals surface area contributed by atoms with Gasteiger partial charge in [-0.15, -0.1) is 0 Å². The van der Waals surface area contributed by atoms with E-state index in [1.807, 2.05) is 6.92 Å². The lowest BCUT2D eigenvalue weighted by Gasteiger charge is -2.08. The van der Waals surface area contributed by atoms with Crippen LogP contribution in [0.15, 0.2) is 40.9 Å². The summed E-state index contributed by atoms with van der Waals surface area (Å²) in [6.07, 6.45) is 0. The number of nitro groups is 1. The summed E-state index contributed by atoms with van der Waals surface area (Å²) < 4.78 is 5.86. The molecule has 0 unspecified atom stereocenters. The highest BCUT2D eigenvalue weighted by molar-refractivity contribution is 9.10. The molecule has 0 aliphatic carbocycles. The number of benzene rings is 2. The highest BCUT2D eigenvalue weighted by atomic mass is 79.9. The summed E-state index contributed by atoms with van der Waals surface area (Å²) in [7, 11) is 0. The number of halogens is 2. The van der Waals surface area contributed by atoms with Crippen molar-refractivity contribution < 1.29 is 14.5 Å². The van der Waals surface area contributed by atoms with Crippen LogP contribution < -0.4 is 4.74 Å². The van der Waals surface area contributed by atoms with E-state index in [0.717, 1.165) is 11.6 Å². The number of nitro benzene ring substituents is 1. The summed E-state index contributed by atoms with van der Waals surface area (Å²) in [6, 6.07) is 8.83. The van der Waals surface area contributed by atoms with Crippen molar-refractivity contribution in [3.63, 3.8) is 0 Å². The zero-order chi connectivity index (χ0) is 15.6. The SMILES string of the molecule is Cc1ccc(OC(=O)c2ccc([N+](=O)[O-])cc2Cl)c(Br)c1. The summed E-state index contributed by atoms with van der Waals surface area (Å²) in [5, 5.41) is 10.6. The van der Waals surface area contributed by atoms with Crippen LogP contribution in [0.5, 0.6) is 5.75 Å². The molecule has 0 aliphatic heterocycles. The smallest absolute Gasteiger partial charge is 0.345 e. The maximum atomic E-state index is 12.1. The number of esters is 1. The molecule has 0 aromatic heterocycles. The molecule has 108 valence electrons. The molecule has 0 N–H and O–H groups in total. The summed E-state index contributed by atoms with van der Waals surface area (Å²) in [5.41, 5.74) is 0.887. The molecule has 21 heavy (non-hydrogen) atoms. The van der Waals surface area contributed by atoms with Crippen LogP contribution in [-0.2, 0) is 0 Å². The lowest BCUT2D eigenvalue weighted by Crippen LogP contribution is -2.09. The lowest BCUT2D eigenvalue weighted by atomic mass is 10.2. The Morgan fingerprint density at radius 2 is 2.00 bits per heavy atom. The number of hydrogen-bond donors (Lipinski definition) is 0. The molecule has 0 spiro atoms. The Balaban J connectivity index is 2.26. The fraction of sp³-hybridized carbons (Fsp3) is 0.0714. The zero-order valence-corrected chi connectivity index (χ0v) is 13.1. The van der Waals surface area contributed by atoms with E-state index in [9.17, 15) is 14.9 Å². The number of carbonyl (C=O) groups excluding carboxylic acids is 1. The van der Waals surface area contributed by atoms with Gasteiger partial charge in [-0.05, 0) is 46.6 Å².